The molecule has 0 unspecified atom stereocenters. The number of aromatic nitrogens is 5. The van der Waals surface area contributed by atoms with Crippen LogP contribution in [0, 0.1) is 0 Å². The van der Waals surface area contributed by atoms with Crippen LogP contribution in [0.15, 0.2) is 35.5 Å². The van der Waals surface area contributed by atoms with E-state index in [0.717, 1.165) is 11.4 Å². The van der Waals surface area contributed by atoms with Gasteiger partial charge in [0.05, 0.1) is 36.4 Å². The topological polar surface area (TPSA) is 85.7 Å². The molecule has 0 radical (unpaired) electrons. The van der Waals surface area contributed by atoms with Crippen molar-refractivity contribution in [1.29, 1.82) is 0 Å². The van der Waals surface area contributed by atoms with E-state index in [1.54, 1.807) is 25.4 Å². The Morgan fingerprint density at radius 3 is 3.15 bits per heavy atom. The molecule has 0 saturated heterocycles. The van der Waals surface area contributed by atoms with E-state index in [9.17, 15) is 4.79 Å². The highest BCUT2D eigenvalue weighted by atomic mass is 16.5. The molecule has 0 bridgehead atoms. The second-order valence-electron chi connectivity index (χ2n) is 4.37. The molecule has 1 N–H and O–H groups in total. The Bertz CT molecular complexity index is 793. The van der Waals surface area contributed by atoms with E-state index in [1.807, 2.05) is 6.07 Å². The van der Waals surface area contributed by atoms with Crippen LogP contribution in [0.25, 0.3) is 11.0 Å². The zero-order valence-corrected chi connectivity index (χ0v) is 10.9. The minimum atomic E-state index is -0.168. The largest absolute Gasteiger partial charge is 0.378 e. The molecule has 7 heteroatoms. The molecular formula is C13H13N5O2. The lowest BCUT2D eigenvalue weighted by atomic mass is 10.3. The summed E-state index contributed by atoms with van der Waals surface area (Å²) in [5.41, 5.74) is 2.40. The van der Waals surface area contributed by atoms with Gasteiger partial charge in [-0.15, -0.1) is 0 Å². The van der Waals surface area contributed by atoms with Gasteiger partial charge in [-0.2, -0.15) is 5.10 Å². The fourth-order valence-corrected chi connectivity index (χ4v) is 1.99. The smallest absolute Gasteiger partial charge is 0.280 e. The fourth-order valence-electron chi connectivity index (χ4n) is 1.99. The molecule has 3 heterocycles. The summed E-state index contributed by atoms with van der Waals surface area (Å²) < 4.78 is 6.50. The van der Waals surface area contributed by atoms with Crippen LogP contribution >= 0.6 is 0 Å². The van der Waals surface area contributed by atoms with Gasteiger partial charge in [0.25, 0.3) is 5.56 Å². The van der Waals surface area contributed by atoms with Crippen LogP contribution in [-0.4, -0.2) is 31.8 Å². The number of ether oxygens (including phenoxy) is 1. The number of nitrogens with zero attached hydrogens (tertiary/aromatic N) is 4. The maximum absolute atomic E-state index is 12.3. The lowest BCUT2D eigenvalue weighted by Gasteiger charge is -2.03. The highest BCUT2D eigenvalue weighted by Crippen LogP contribution is 2.04. The number of rotatable bonds is 4. The van der Waals surface area contributed by atoms with Crippen molar-refractivity contribution in [2.45, 2.75) is 13.2 Å². The minimum Gasteiger partial charge on any atom is -0.378 e. The van der Waals surface area contributed by atoms with Crippen molar-refractivity contribution in [3.63, 3.8) is 0 Å². The second-order valence-corrected chi connectivity index (χ2v) is 4.37. The Morgan fingerprint density at radius 1 is 1.40 bits per heavy atom. The van der Waals surface area contributed by atoms with Gasteiger partial charge in [0, 0.05) is 13.3 Å². The van der Waals surface area contributed by atoms with E-state index < -0.39 is 0 Å². The minimum absolute atomic E-state index is 0.168. The maximum Gasteiger partial charge on any atom is 0.280 e. The maximum atomic E-state index is 12.3. The molecule has 3 rings (SSSR count). The molecule has 3 aromatic rings. The molecule has 0 aromatic carbocycles. The Labute approximate surface area is 114 Å². The Kier molecular flexibility index (Phi) is 3.26. The SMILES string of the molecule is COCc1cc(Cn2cnc3cccnc3c2=O)[nH]n1. The van der Waals surface area contributed by atoms with Gasteiger partial charge >= 0.3 is 0 Å². The monoisotopic (exact) mass is 271 g/mol. The number of fused-ring (bicyclic) bond motifs is 1. The van der Waals surface area contributed by atoms with E-state index in [0.29, 0.717) is 24.2 Å². The molecule has 0 aliphatic heterocycles. The third kappa shape index (κ3) is 2.30. The average Bonchev–Trinajstić information content (AvgIpc) is 2.90. The molecule has 7 nitrogen and oxygen atoms in total. The van der Waals surface area contributed by atoms with E-state index in [-0.39, 0.29) is 5.56 Å². The van der Waals surface area contributed by atoms with Crippen LogP contribution in [0.2, 0.25) is 0 Å². The Hall–Kier alpha value is -2.54. The van der Waals surface area contributed by atoms with Crippen molar-refractivity contribution in [3.05, 3.63) is 52.5 Å². The third-order valence-corrected chi connectivity index (χ3v) is 2.90. The highest BCUT2D eigenvalue weighted by Gasteiger charge is 2.07. The molecular weight excluding hydrogens is 258 g/mol. The standard InChI is InChI=1S/C13H13N5O2/c1-20-7-10-5-9(16-17-10)6-18-8-15-11-3-2-4-14-12(11)13(18)19/h2-5,8H,6-7H2,1H3,(H,16,17). The number of aromatic amines is 1. The summed E-state index contributed by atoms with van der Waals surface area (Å²) in [7, 11) is 1.61. The highest BCUT2D eigenvalue weighted by molar-refractivity contribution is 5.71. The van der Waals surface area contributed by atoms with Gasteiger partial charge in [-0.25, -0.2) is 9.97 Å². The first-order valence-electron chi connectivity index (χ1n) is 6.10. The lowest BCUT2D eigenvalue weighted by molar-refractivity contribution is 0.181. The van der Waals surface area contributed by atoms with Crippen LogP contribution in [0.4, 0.5) is 0 Å². The van der Waals surface area contributed by atoms with Crippen molar-refractivity contribution in [2.75, 3.05) is 7.11 Å². The zero-order chi connectivity index (χ0) is 13.9. The number of hydrogen-bond acceptors (Lipinski definition) is 5. The first-order chi connectivity index (χ1) is 9.78. The van der Waals surface area contributed by atoms with Gasteiger partial charge in [-0.1, -0.05) is 0 Å². The third-order valence-electron chi connectivity index (χ3n) is 2.90. The van der Waals surface area contributed by atoms with Crippen LogP contribution < -0.4 is 5.56 Å². The lowest BCUT2D eigenvalue weighted by Crippen LogP contribution is -2.22. The molecule has 0 spiro atoms. The predicted octanol–water partition coefficient (Wildman–Crippen LogP) is 0.709. The second kappa shape index (κ2) is 5.22. The number of hydrogen-bond donors (Lipinski definition) is 1. The molecule has 0 aliphatic rings. The number of nitrogens with one attached hydrogen (secondary N) is 1. The predicted molar refractivity (Wildman–Crippen MR) is 72.2 cm³/mol. The molecule has 102 valence electrons. The average molecular weight is 271 g/mol. The summed E-state index contributed by atoms with van der Waals surface area (Å²) in [5.74, 6) is 0. The summed E-state index contributed by atoms with van der Waals surface area (Å²) in [5, 5.41) is 6.97. The molecule has 0 amide bonds. The van der Waals surface area contributed by atoms with Crippen LogP contribution in [0.1, 0.15) is 11.4 Å². The van der Waals surface area contributed by atoms with E-state index in [1.165, 1.54) is 10.9 Å². The van der Waals surface area contributed by atoms with Crippen LogP contribution in [0.5, 0.6) is 0 Å². The van der Waals surface area contributed by atoms with Gasteiger partial charge in [-0.3, -0.25) is 14.5 Å². The van der Waals surface area contributed by atoms with Crippen molar-refractivity contribution < 1.29 is 4.74 Å². The Balaban J connectivity index is 1.94. The fraction of sp³-hybridized carbons (Fsp3) is 0.231. The van der Waals surface area contributed by atoms with Gasteiger partial charge in [0.15, 0.2) is 5.52 Å². The van der Waals surface area contributed by atoms with Crippen molar-refractivity contribution >= 4 is 11.0 Å². The van der Waals surface area contributed by atoms with Gasteiger partial charge in [0.1, 0.15) is 0 Å². The summed E-state index contributed by atoms with van der Waals surface area (Å²) >= 11 is 0. The summed E-state index contributed by atoms with van der Waals surface area (Å²) in [4.78, 5) is 20.6. The van der Waals surface area contributed by atoms with Crippen LogP contribution in [0.3, 0.4) is 0 Å². The molecule has 0 saturated carbocycles. The zero-order valence-electron chi connectivity index (χ0n) is 10.9. The van der Waals surface area contributed by atoms with Gasteiger partial charge < -0.3 is 4.74 Å². The molecule has 20 heavy (non-hydrogen) atoms. The van der Waals surface area contributed by atoms with Crippen molar-refractivity contribution in [3.8, 4) is 0 Å². The first-order valence-corrected chi connectivity index (χ1v) is 6.10. The summed E-state index contributed by atoms with van der Waals surface area (Å²) in [6.07, 6.45) is 3.10. The normalized spacial score (nSPS) is 11.1. The van der Waals surface area contributed by atoms with Crippen LogP contribution in [-0.2, 0) is 17.9 Å². The van der Waals surface area contributed by atoms with Crippen molar-refractivity contribution in [1.82, 2.24) is 24.7 Å². The van der Waals surface area contributed by atoms with E-state index in [4.69, 9.17) is 4.74 Å². The summed E-state index contributed by atoms with van der Waals surface area (Å²) in [6, 6.07) is 5.38. The molecule has 3 aromatic heterocycles. The molecule has 0 atom stereocenters. The Morgan fingerprint density at radius 2 is 2.30 bits per heavy atom. The number of pyridine rings is 1. The van der Waals surface area contributed by atoms with E-state index >= 15 is 0 Å². The van der Waals surface area contributed by atoms with E-state index in [2.05, 4.69) is 20.2 Å². The molecule has 0 aliphatic carbocycles. The first kappa shape index (κ1) is 12.5. The quantitative estimate of drug-likeness (QED) is 0.755. The number of methoxy groups -OCH3 is 1. The van der Waals surface area contributed by atoms with Gasteiger partial charge in [0.2, 0.25) is 0 Å². The molecule has 0 fully saturated rings. The van der Waals surface area contributed by atoms with Crippen molar-refractivity contribution in [2.24, 2.45) is 0 Å². The summed E-state index contributed by atoms with van der Waals surface area (Å²) in [6.45, 7) is 0.804. The van der Waals surface area contributed by atoms with Gasteiger partial charge in [-0.05, 0) is 18.2 Å². The number of H-pyrrole nitrogens is 1.